The van der Waals surface area contributed by atoms with Crippen LogP contribution in [-0.2, 0) is 6.42 Å². The molecule has 2 rings (SSSR count). The zero-order valence-electron chi connectivity index (χ0n) is 10.5. The smallest absolute Gasteiger partial charge is 0.252 e. The Morgan fingerprint density at radius 2 is 1.95 bits per heavy atom. The van der Waals surface area contributed by atoms with Crippen LogP contribution >= 0.6 is 0 Å². The van der Waals surface area contributed by atoms with Crippen molar-refractivity contribution in [1.82, 2.24) is 4.98 Å². The van der Waals surface area contributed by atoms with Crippen LogP contribution in [0.1, 0.15) is 15.9 Å². The Morgan fingerprint density at radius 3 is 2.58 bits per heavy atom. The molecular weight excluding hydrogens is 240 g/mol. The number of benzene rings is 1. The Labute approximate surface area is 111 Å². The fraction of sp³-hybridized carbons (Fsp3) is 0.143. The first kappa shape index (κ1) is 13.0. The number of anilines is 2. The van der Waals surface area contributed by atoms with Crippen molar-refractivity contribution in [3.63, 3.8) is 0 Å². The Bertz CT molecular complexity index is 566. The number of primary amides is 1. The van der Waals surface area contributed by atoms with E-state index in [9.17, 15) is 4.79 Å². The van der Waals surface area contributed by atoms with Crippen LogP contribution in [0.15, 0.2) is 42.6 Å². The van der Waals surface area contributed by atoms with Crippen molar-refractivity contribution in [1.29, 1.82) is 0 Å². The topological polar surface area (TPSA) is 94.0 Å². The summed E-state index contributed by atoms with van der Waals surface area (Å²) in [5, 5.41) is 3.08. The second-order valence-electron chi connectivity index (χ2n) is 4.12. The number of carbonyl (C=O) groups is 1. The van der Waals surface area contributed by atoms with Gasteiger partial charge in [-0.1, -0.05) is 12.1 Å². The normalized spacial score (nSPS) is 10.2. The predicted octanol–water partition coefficient (Wildman–Crippen LogP) is 1.43. The highest BCUT2D eigenvalue weighted by molar-refractivity contribution is 5.98. The second-order valence-corrected chi connectivity index (χ2v) is 4.12. The molecule has 0 unspecified atom stereocenters. The van der Waals surface area contributed by atoms with Crippen molar-refractivity contribution in [3.8, 4) is 0 Å². The standard InChI is InChI=1S/C14H16N4O/c15-8-7-10-3-5-11(6-4-10)18-14-12(13(16)19)2-1-9-17-14/h1-6,9H,7-8,15H2,(H2,16,19)(H,17,18). The maximum atomic E-state index is 11.3. The van der Waals surface area contributed by atoms with Crippen molar-refractivity contribution in [2.45, 2.75) is 6.42 Å². The third-order valence-electron chi connectivity index (χ3n) is 2.72. The molecule has 0 fully saturated rings. The quantitative estimate of drug-likeness (QED) is 0.754. The molecule has 5 N–H and O–H groups in total. The monoisotopic (exact) mass is 256 g/mol. The first-order valence-electron chi connectivity index (χ1n) is 6.01. The van der Waals surface area contributed by atoms with Gasteiger partial charge in [0.2, 0.25) is 0 Å². The number of nitrogens with zero attached hydrogens (tertiary/aromatic N) is 1. The van der Waals surface area contributed by atoms with Crippen LogP contribution in [0.25, 0.3) is 0 Å². The maximum Gasteiger partial charge on any atom is 0.252 e. The van der Waals surface area contributed by atoms with Gasteiger partial charge in [0.1, 0.15) is 5.82 Å². The lowest BCUT2D eigenvalue weighted by atomic mass is 10.1. The average molecular weight is 256 g/mol. The summed E-state index contributed by atoms with van der Waals surface area (Å²) in [5.74, 6) is -0.0445. The minimum Gasteiger partial charge on any atom is -0.365 e. The zero-order valence-corrected chi connectivity index (χ0v) is 10.5. The van der Waals surface area contributed by atoms with E-state index >= 15 is 0 Å². The van der Waals surface area contributed by atoms with Crippen molar-refractivity contribution >= 4 is 17.4 Å². The van der Waals surface area contributed by atoms with Gasteiger partial charge in [-0.25, -0.2) is 4.98 Å². The van der Waals surface area contributed by atoms with Gasteiger partial charge in [0.25, 0.3) is 5.91 Å². The van der Waals surface area contributed by atoms with Crippen LogP contribution in [0.4, 0.5) is 11.5 Å². The molecule has 98 valence electrons. The highest BCUT2D eigenvalue weighted by Crippen LogP contribution is 2.18. The molecule has 0 radical (unpaired) electrons. The third kappa shape index (κ3) is 3.29. The van der Waals surface area contributed by atoms with Gasteiger partial charge >= 0.3 is 0 Å². The molecule has 0 saturated carbocycles. The predicted molar refractivity (Wildman–Crippen MR) is 75.2 cm³/mol. The molecule has 0 bridgehead atoms. The third-order valence-corrected chi connectivity index (χ3v) is 2.72. The summed E-state index contributed by atoms with van der Waals surface area (Å²) in [6, 6.07) is 11.1. The van der Waals surface area contributed by atoms with E-state index in [1.807, 2.05) is 24.3 Å². The van der Waals surface area contributed by atoms with Gasteiger partial charge in [-0.3, -0.25) is 4.79 Å². The van der Waals surface area contributed by atoms with Gasteiger partial charge in [0.05, 0.1) is 5.56 Å². The van der Waals surface area contributed by atoms with Crippen LogP contribution in [0.3, 0.4) is 0 Å². The zero-order chi connectivity index (χ0) is 13.7. The molecule has 2 aromatic rings. The van der Waals surface area contributed by atoms with Crippen molar-refractivity contribution in [2.24, 2.45) is 11.5 Å². The molecule has 0 spiro atoms. The number of aromatic nitrogens is 1. The molecule has 0 saturated heterocycles. The molecule has 0 aliphatic carbocycles. The van der Waals surface area contributed by atoms with E-state index in [0.717, 1.165) is 12.1 Å². The molecule has 5 nitrogen and oxygen atoms in total. The molecule has 1 heterocycles. The summed E-state index contributed by atoms with van der Waals surface area (Å²) in [5.41, 5.74) is 13.2. The first-order chi connectivity index (χ1) is 9.20. The Hall–Kier alpha value is -2.40. The minimum atomic E-state index is -0.504. The summed E-state index contributed by atoms with van der Waals surface area (Å²) in [7, 11) is 0. The largest absolute Gasteiger partial charge is 0.365 e. The summed E-state index contributed by atoms with van der Waals surface area (Å²) in [4.78, 5) is 15.4. The van der Waals surface area contributed by atoms with Crippen LogP contribution in [0.5, 0.6) is 0 Å². The second kappa shape index (κ2) is 5.97. The number of rotatable bonds is 5. The van der Waals surface area contributed by atoms with Crippen LogP contribution in [0.2, 0.25) is 0 Å². The molecule has 0 atom stereocenters. The van der Waals surface area contributed by atoms with Gasteiger partial charge in [-0.15, -0.1) is 0 Å². The van der Waals surface area contributed by atoms with E-state index in [1.54, 1.807) is 18.3 Å². The van der Waals surface area contributed by atoms with E-state index in [0.29, 0.717) is 17.9 Å². The number of hydrogen-bond acceptors (Lipinski definition) is 4. The molecule has 19 heavy (non-hydrogen) atoms. The number of pyridine rings is 1. The maximum absolute atomic E-state index is 11.3. The highest BCUT2D eigenvalue weighted by atomic mass is 16.1. The van der Waals surface area contributed by atoms with Gasteiger partial charge in [0, 0.05) is 11.9 Å². The van der Waals surface area contributed by atoms with E-state index in [-0.39, 0.29) is 0 Å². The van der Waals surface area contributed by atoms with Crippen molar-refractivity contribution < 1.29 is 4.79 Å². The summed E-state index contributed by atoms with van der Waals surface area (Å²) < 4.78 is 0. The number of hydrogen-bond donors (Lipinski definition) is 3. The fourth-order valence-corrected chi connectivity index (χ4v) is 1.76. The molecule has 0 aliphatic rings. The first-order valence-corrected chi connectivity index (χ1v) is 6.01. The van der Waals surface area contributed by atoms with Gasteiger partial charge < -0.3 is 16.8 Å². The minimum absolute atomic E-state index is 0.369. The van der Waals surface area contributed by atoms with Gasteiger partial charge in [0.15, 0.2) is 0 Å². The average Bonchev–Trinajstić information content (AvgIpc) is 2.42. The van der Waals surface area contributed by atoms with Crippen LogP contribution in [-0.4, -0.2) is 17.4 Å². The summed E-state index contributed by atoms with van der Waals surface area (Å²) in [6.07, 6.45) is 2.45. The van der Waals surface area contributed by atoms with Crippen LogP contribution < -0.4 is 16.8 Å². The summed E-state index contributed by atoms with van der Waals surface area (Å²) in [6.45, 7) is 0.624. The lowest BCUT2D eigenvalue weighted by Gasteiger charge is -2.09. The van der Waals surface area contributed by atoms with E-state index in [4.69, 9.17) is 11.5 Å². The molecular formula is C14H16N4O. The lowest BCUT2D eigenvalue weighted by molar-refractivity contribution is 0.100. The van der Waals surface area contributed by atoms with E-state index in [2.05, 4.69) is 10.3 Å². The Morgan fingerprint density at radius 1 is 1.21 bits per heavy atom. The highest BCUT2D eigenvalue weighted by Gasteiger charge is 2.08. The molecule has 1 amide bonds. The van der Waals surface area contributed by atoms with E-state index < -0.39 is 5.91 Å². The van der Waals surface area contributed by atoms with Gasteiger partial charge in [-0.05, 0) is 42.8 Å². The molecule has 1 aromatic heterocycles. The SMILES string of the molecule is NCCc1ccc(Nc2ncccc2C(N)=O)cc1. The number of amides is 1. The van der Waals surface area contributed by atoms with E-state index in [1.165, 1.54) is 5.56 Å². The lowest BCUT2D eigenvalue weighted by Crippen LogP contribution is -2.14. The fourth-order valence-electron chi connectivity index (χ4n) is 1.76. The number of nitrogens with one attached hydrogen (secondary N) is 1. The Balaban J connectivity index is 2.19. The van der Waals surface area contributed by atoms with Crippen molar-refractivity contribution in [2.75, 3.05) is 11.9 Å². The molecule has 5 heteroatoms. The van der Waals surface area contributed by atoms with Gasteiger partial charge in [-0.2, -0.15) is 0 Å². The number of carbonyl (C=O) groups excluding carboxylic acids is 1. The number of nitrogens with two attached hydrogens (primary N) is 2. The Kier molecular flexibility index (Phi) is 4.10. The van der Waals surface area contributed by atoms with Crippen molar-refractivity contribution in [3.05, 3.63) is 53.7 Å². The van der Waals surface area contributed by atoms with Crippen LogP contribution in [0, 0.1) is 0 Å². The molecule has 1 aromatic carbocycles. The molecule has 0 aliphatic heterocycles. The summed E-state index contributed by atoms with van der Waals surface area (Å²) >= 11 is 0.